The highest BCUT2D eigenvalue weighted by atomic mass is 19.1. The number of hydrogen-bond donors (Lipinski definition) is 1. The predicted molar refractivity (Wildman–Crippen MR) is 96.9 cm³/mol. The maximum Gasteiger partial charge on any atom is 0.243 e. The second-order valence-corrected chi connectivity index (χ2v) is 6.24. The Labute approximate surface area is 147 Å². The number of carbonyl (C=O) groups is 2. The highest BCUT2D eigenvalue weighted by molar-refractivity contribution is 5.95. The molecule has 0 radical (unpaired) electrons. The maximum atomic E-state index is 12.9. The summed E-state index contributed by atoms with van der Waals surface area (Å²) in [6.45, 7) is 3.88. The van der Waals surface area contributed by atoms with Gasteiger partial charge in [-0.2, -0.15) is 0 Å². The molecule has 132 valence electrons. The van der Waals surface area contributed by atoms with Crippen molar-refractivity contribution in [2.75, 3.05) is 18.9 Å². The number of benzene rings is 2. The second kappa shape index (κ2) is 8.42. The lowest BCUT2D eigenvalue weighted by atomic mass is 10.1. The minimum atomic E-state index is -0.296. The highest BCUT2D eigenvalue weighted by Crippen LogP contribution is 2.16. The Balaban J connectivity index is 1.84. The SMILES string of the molecule is Cc1ccc(C)c(NC(=O)CN(C)C(=O)CCc2ccc(F)cc2)c1. The van der Waals surface area contributed by atoms with Gasteiger partial charge >= 0.3 is 0 Å². The van der Waals surface area contributed by atoms with E-state index in [9.17, 15) is 14.0 Å². The Bertz CT molecular complexity index is 757. The van der Waals surface area contributed by atoms with Gasteiger partial charge in [0, 0.05) is 19.2 Å². The van der Waals surface area contributed by atoms with E-state index in [-0.39, 0.29) is 30.6 Å². The van der Waals surface area contributed by atoms with Crippen LogP contribution in [-0.2, 0) is 16.0 Å². The third-order valence-electron chi connectivity index (χ3n) is 4.01. The van der Waals surface area contributed by atoms with Crippen molar-refractivity contribution < 1.29 is 14.0 Å². The number of rotatable bonds is 6. The summed E-state index contributed by atoms with van der Waals surface area (Å²) in [5.74, 6) is -0.651. The van der Waals surface area contributed by atoms with Crippen LogP contribution in [0.2, 0.25) is 0 Å². The van der Waals surface area contributed by atoms with Crippen molar-refractivity contribution in [1.82, 2.24) is 4.90 Å². The van der Waals surface area contributed by atoms with Gasteiger partial charge in [0.25, 0.3) is 0 Å². The molecule has 0 unspecified atom stereocenters. The number of anilines is 1. The summed E-state index contributed by atoms with van der Waals surface area (Å²) in [6, 6.07) is 11.9. The average molecular weight is 342 g/mol. The summed E-state index contributed by atoms with van der Waals surface area (Å²) < 4.78 is 12.9. The summed E-state index contributed by atoms with van der Waals surface area (Å²) in [4.78, 5) is 25.7. The molecule has 0 saturated heterocycles. The third kappa shape index (κ3) is 5.71. The van der Waals surface area contributed by atoms with Crippen LogP contribution in [0.4, 0.5) is 10.1 Å². The summed E-state index contributed by atoms with van der Waals surface area (Å²) >= 11 is 0. The van der Waals surface area contributed by atoms with E-state index in [1.54, 1.807) is 19.2 Å². The Hall–Kier alpha value is -2.69. The molecule has 0 heterocycles. The number of amides is 2. The molecule has 0 aliphatic heterocycles. The molecular weight excluding hydrogens is 319 g/mol. The lowest BCUT2D eigenvalue weighted by Crippen LogP contribution is -2.35. The fraction of sp³-hybridized carbons (Fsp3) is 0.300. The minimum absolute atomic E-state index is 0.00433. The van der Waals surface area contributed by atoms with Crippen LogP contribution in [-0.4, -0.2) is 30.3 Å². The summed E-state index contributed by atoms with van der Waals surface area (Å²) in [7, 11) is 1.61. The van der Waals surface area contributed by atoms with Gasteiger partial charge in [-0.3, -0.25) is 9.59 Å². The van der Waals surface area contributed by atoms with Crippen molar-refractivity contribution in [3.8, 4) is 0 Å². The van der Waals surface area contributed by atoms with E-state index in [1.165, 1.54) is 17.0 Å². The van der Waals surface area contributed by atoms with Crippen molar-refractivity contribution in [2.24, 2.45) is 0 Å². The van der Waals surface area contributed by atoms with Gasteiger partial charge in [0.1, 0.15) is 5.82 Å². The smallest absolute Gasteiger partial charge is 0.243 e. The molecule has 5 heteroatoms. The van der Waals surface area contributed by atoms with Crippen LogP contribution < -0.4 is 5.32 Å². The Kier molecular flexibility index (Phi) is 6.28. The van der Waals surface area contributed by atoms with Crippen molar-refractivity contribution in [2.45, 2.75) is 26.7 Å². The van der Waals surface area contributed by atoms with E-state index in [0.717, 1.165) is 22.4 Å². The Morgan fingerprint density at radius 3 is 2.44 bits per heavy atom. The predicted octanol–water partition coefficient (Wildman–Crippen LogP) is 3.47. The topological polar surface area (TPSA) is 49.4 Å². The van der Waals surface area contributed by atoms with Crippen molar-refractivity contribution >= 4 is 17.5 Å². The van der Waals surface area contributed by atoms with Gasteiger partial charge in [-0.25, -0.2) is 4.39 Å². The lowest BCUT2D eigenvalue weighted by Gasteiger charge is -2.17. The number of hydrogen-bond acceptors (Lipinski definition) is 2. The molecule has 0 saturated carbocycles. The fourth-order valence-corrected chi connectivity index (χ4v) is 2.46. The molecule has 1 N–H and O–H groups in total. The molecule has 2 aromatic carbocycles. The third-order valence-corrected chi connectivity index (χ3v) is 4.01. The minimum Gasteiger partial charge on any atom is -0.336 e. The van der Waals surface area contributed by atoms with Gasteiger partial charge in [0.2, 0.25) is 11.8 Å². The molecule has 0 fully saturated rings. The van der Waals surface area contributed by atoms with E-state index in [1.807, 2.05) is 32.0 Å². The Morgan fingerprint density at radius 1 is 1.08 bits per heavy atom. The van der Waals surface area contributed by atoms with Gasteiger partial charge in [-0.1, -0.05) is 24.3 Å². The van der Waals surface area contributed by atoms with Crippen LogP contribution in [0, 0.1) is 19.7 Å². The molecule has 25 heavy (non-hydrogen) atoms. The van der Waals surface area contributed by atoms with E-state index in [0.29, 0.717) is 6.42 Å². The van der Waals surface area contributed by atoms with Crippen LogP contribution in [0.25, 0.3) is 0 Å². The molecular formula is C20H23FN2O2. The first kappa shape index (κ1) is 18.6. The van der Waals surface area contributed by atoms with Crippen LogP contribution >= 0.6 is 0 Å². The van der Waals surface area contributed by atoms with Crippen LogP contribution in [0.15, 0.2) is 42.5 Å². The lowest BCUT2D eigenvalue weighted by molar-refractivity contribution is -0.133. The molecule has 0 aliphatic rings. The Morgan fingerprint density at radius 2 is 1.76 bits per heavy atom. The zero-order chi connectivity index (χ0) is 18.4. The second-order valence-electron chi connectivity index (χ2n) is 6.24. The van der Waals surface area contributed by atoms with Gasteiger partial charge in [0.15, 0.2) is 0 Å². The highest BCUT2D eigenvalue weighted by Gasteiger charge is 2.14. The normalized spacial score (nSPS) is 10.4. The first-order valence-electron chi connectivity index (χ1n) is 8.20. The average Bonchev–Trinajstić information content (AvgIpc) is 2.57. The first-order valence-corrected chi connectivity index (χ1v) is 8.20. The molecule has 0 aromatic heterocycles. The molecule has 2 aromatic rings. The van der Waals surface area contributed by atoms with Crippen molar-refractivity contribution in [3.63, 3.8) is 0 Å². The molecule has 0 aliphatic carbocycles. The van der Waals surface area contributed by atoms with Gasteiger partial charge < -0.3 is 10.2 Å². The standard InChI is InChI=1S/C20H23FN2O2/c1-14-4-5-15(2)18(12-14)22-19(24)13-23(3)20(25)11-8-16-6-9-17(21)10-7-16/h4-7,9-10,12H,8,11,13H2,1-3H3,(H,22,24). The largest absolute Gasteiger partial charge is 0.336 e. The van der Waals surface area contributed by atoms with E-state index < -0.39 is 0 Å². The van der Waals surface area contributed by atoms with Gasteiger partial charge in [0.05, 0.1) is 6.54 Å². The van der Waals surface area contributed by atoms with Crippen LogP contribution in [0.3, 0.4) is 0 Å². The first-order chi connectivity index (χ1) is 11.8. The summed E-state index contributed by atoms with van der Waals surface area (Å²) in [6.07, 6.45) is 0.793. The van der Waals surface area contributed by atoms with Crippen LogP contribution in [0.1, 0.15) is 23.1 Å². The summed E-state index contributed by atoms with van der Waals surface area (Å²) in [5.41, 5.74) is 3.69. The quantitative estimate of drug-likeness (QED) is 0.874. The zero-order valence-corrected chi connectivity index (χ0v) is 14.8. The molecule has 4 nitrogen and oxygen atoms in total. The fourth-order valence-electron chi connectivity index (χ4n) is 2.46. The zero-order valence-electron chi connectivity index (χ0n) is 14.8. The molecule has 0 atom stereocenters. The number of aryl methyl sites for hydroxylation is 3. The van der Waals surface area contributed by atoms with E-state index >= 15 is 0 Å². The monoisotopic (exact) mass is 342 g/mol. The summed E-state index contributed by atoms with van der Waals surface area (Å²) in [5, 5.41) is 2.84. The van der Waals surface area contributed by atoms with Gasteiger partial charge in [-0.05, 0) is 55.2 Å². The van der Waals surface area contributed by atoms with Gasteiger partial charge in [-0.15, -0.1) is 0 Å². The number of nitrogens with one attached hydrogen (secondary N) is 1. The maximum absolute atomic E-state index is 12.9. The number of halogens is 1. The van der Waals surface area contributed by atoms with Crippen molar-refractivity contribution in [3.05, 3.63) is 65.0 Å². The number of likely N-dealkylation sites (N-methyl/N-ethyl adjacent to an activating group) is 1. The molecule has 0 bridgehead atoms. The molecule has 2 rings (SSSR count). The number of carbonyl (C=O) groups excluding carboxylic acids is 2. The van der Waals surface area contributed by atoms with Crippen molar-refractivity contribution in [1.29, 1.82) is 0 Å². The number of nitrogens with zero attached hydrogens (tertiary/aromatic N) is 1. The van der Waals surface area contributed by atoms with E-state index in [2.05, 4.69) is 5.32 Å². The molecule has 0 spiro atoms. The van der Waals surface area contributed by atoms with E-state index in [4.69, 9.17) is 0 Å². The molecule has 2 amide bonds. The van der Waals surface area contributed by atoms with Crippen LogP contribution in [0.5, 0.6) is 0 Å².